The van der Waals surface area contributed by atoms with E-state index in [1.165, 1.54) is 6.33 Å². The zero-order chi connectivity index (χ0) is 26.8. The number of benzene rings is 2. The molecular formula is C28H29N7O4. The van der Waals surface area contributed by atoms with E-state index >= 15 is 0 Å². The van der Waals surface area contributed by atoms with Crippen molar-refractivity contribution in [3.05, 3.63) is 76.1 Å². The van der Waals surface area contributed by atoms with E-state index in [9.17, 15) is 15.4 Å². The average molecular weight is 528 g/mol. The van der Waals surface area contributed by atoms with Crippen LogP contribution in [0.4, 0.5) is 17.3 Å². The number of fused-ring (bicyclic) bond motifs is 1. The third kappa shape index (κ3) is 4.79. The molecule has 0 bridgehead atoms. The Balaban J connectivity index is 1.15. The molecule has 2 saturated heterocycles. The predicted octanol–water partition coefficient (Wildman–Crippen LogP) is 3.50. The summed E-state index contributed by atoms with van der Waals surface area (Å²) in [5.74, 6) is 2.21. The van der Waals surface area contributed by atoms with Gasteiger partial charge in [0.15, 0.2) is 11.5 Å². The van der Waals surface area contributed by atoms with Crippen LogP contribution in [-0.4, -0.2) is 65.9 Å². The Kier molecular flexibility index (Phi) is 6.62. The second-order valence-corrected chi connectivity index (χ2v) is 10.1. The van der Waals surface area contributed by atoms with Crippen LogP contribution in [0.15, 0.2) is 54.9 Å². The fourth-order valence-corrected chi connectivity index (χ4v) is 5.72. The molecule has 1 aromatic heterocycles. The van der Waals surface area contributed by atoms with Gasteiger partial charge in [-0.05, 0) is 36.1 Å². The van der Waals surface area contributed by atoms with Gasteiger partial charge < -0.3 is 19.3 Å². The molecule has 0 unspecified atom stereocenters. The van der Waals surface area contributed by atoms with Crippen LogP contribution in [0.5, 0.6) is 11.5 Å². The first kappa shape index (κ1) is 24.9. The minimum Gasteiger partial charge on any atom is -0.454 e. The standard InChI is InChI=1S/C28H29N7O4/c29-18-28(22-4-2-1-3-5-22)8-10-33(11-9-28)26-25(35(36)37)27(31-19-30-26)34-14-12-32(13-15-34)17-21-6-7-23-24(16-21)39-20-38-23/h1-7,16,19H,8-15,17,20H2. The van der Waals surface area contributed by atoms with E-state index in [1.54, 1.807) is 0 Å². The van der Waals surface area contributed by atoms with Gasteiger partial charge in [0, 0.05) is 45.8 Å². The fraction of sp³-hybridized carbons (Fsp3) is 0.393. The molecule has 3 aromatic rings. The van der Waals surface area contributed by atoms with Gasteiger partial charge >= 0.3 is 5.69 Å². The highest BCUT2D eigenvalue weighted by Crippen LogP contribution is 2.40. The van der Waals surface area contributed by atoms with Crippen molar-refractivity contribution in [2.75, 3.05) is 55.9 Å². The van der Waals surface area contributed by atoms with Crippen molar-refractivity contribution in [2.45, 2.75) is 24.8 Å². The van der Waals surface area contributed by atoms with E-state index in [1.807, 2.05) is 58.3 Å². The van der Waals surface area contributed by atoms with Crippen molar-refractivity contribution in [1.29, 1.82) is 5.26 Å². The smallest absolute Gasteiger partial charge is 0.353 e. The van der Waals surface area contributed by atoms with Gasteiger partial charge in [0.25, 0.3) is 0 Å². The van der Waals surface area contributed by atoms with Crippen molar-refractivity contribution < 1.29 is 14.4 Å². The van der Waals surface area contributed by atoms with E-state index in [0.29, 0.717) is 50.7 Å². The average Bonchev–Trinajstić information content (AvgIpc) is 3.46. The molecule has 0 amide bonds. The first-order valence-electron chi connectivity index (χ1n) is 13.1. The summed E-state index contributed by atoms with van der Waals surface area (Å²) in [5, 5.41) is 22.4. The Morgan fingerprint density at radius 1 is 0.923 bits per heavy atom. The van der Waals surface area contributed by atoms with Crippen molar-refractivity contribution >= 4 is 17.3 Å². The number of nitrogens with zero attached hydrogens (tertiary/aromatic N) is 7. The molecule has 6 rings (SSSR count). The first-order valence-corrected chi connectivity index (χ1v) is 13.1. The van der Waals surface area contributed by atoms with Gasteiger partial charge in [-0.25, -0.2) is 9.97 Å². The van der Waals surface area contributed by atoms with Crippen molar-refractivity contribution in [1.82, 2.24) is 14.9 Å². The van der Waals surface area contributed by atoms with Crippen LogP contribution in [0.1, 0.15) is 24.0 Å². The maximum absolute atomic E-state index is 12.3. The van der Waals surface area contributed by atoms with Gasteiger partial charge in [0.1, 0.15) is 6.33 Å². The van der Waals surface area contributed by atoms with E-state index in [2.05, 4.69) is 20.9 Å². The number of ether oxygens (including phenoxy) is 2. The Labute approximate surface area is 226 Å². The highest BCUT2D eigenvalue weighted by molar-refractivity contribution is 5.71. The third-order valence-electron chi connectivity index (χ3n) is 7.94. The molecule has 11 nitrogen and oxygen atoms in total. The molecule has 0 N–H and O–H groups in total. The second kappa shape index (κ2) is 10.4. The van der Waals surface area contributed by atoms with Gasteiger partial charge in [-0.2, -0.15) is 5.26 Å². The van der Waals surface area contributed by atoms with Crippen molar-refractivity contribution in [3.8, 4) is 17.6 Å². The summed E-state index contributed by atoms with van der Waals surface area (Å²) in [6, 6.07) is 18.3. The summed E-state index contributed by atoms with van der Waals surface area (Å²) in [4.78, 5) is 26.9. The molecule has 3 aliphatic heterocycles. The number of nitro groups is 1. The van der Waals surface area contributed by atoms with Crippen LogP contribution in [0.25, 0.3) is 0 Å². The van der Waals surface area contributed by atoms with Crippen LogP contribution in [0, 0.1) is 21.4 Å². The lowest BCUT2D eigenvalue weighted by molar-refractivity contribution is -0.383. The Bertz CT molecular complexity index is 1390. The minimum atomic E-state index is -0.600. The quantitative estimate of drug-likeness (QED) is 0.348. The van der Waals surface area contributed by atoms with E-state index in [-0.39, 0.29) is 17.4 Å². The monoisotopic (exact) mass is 527 g/mol. The molecule has 0 saturated carbocycles. The third-order valence-corrected chi connectivity index (χ3v) is 7.94. The molecule has 4 heterocycles. The molecule has 2 aromatic carbocycles. The molecule has 200 valence electrons. The summed E-state index contributed by atoms with van der Waals surface area (Å²) < 4.78 is 10.9. The Morgan fingerprint density at radius 3 is 2.26 bits per heavy atom. The number of aromatic nitrogens is 2. The van der Waals surface area contributed by atoms with Gasteiger partial charge in [-0.1, -0.05) is 36.4 Å². The number of hydrogen-bond donors (Lipinski definition) is 0. The first-order chi connectivity index (χ1) is 19.1. The van der Waals surface area contributed by atoms with Gasteiger partial charge in [-0.3, -0.25) is 15.0 Å². The lowest BCUT2D eigenvalue weighted by atomic mass is 9.74. The van der Waals surface area contributed by atoms with E-state index < -0.39 is 5.41 Å². The molecular weight excluding hydrogens is 498 g/mol. The number of rotatable bonds is 6. The van der Waals surface area contributed by atoms with Crippen LogP contribution < -0.4 is 19.3 Å². The van der Waals surface area contributed by atoms with Gasteiger partial charge in [0.2, 0.25) is 18.4 Å². The highest BCUT2D eigenvalue weighted by Gasteiger charge is 2.39. The number of piperidine rings is 1. The SMILES string of the molecule is N#CC1(c2ccccc2)CCN(c2ncnc(N3CCN(Cc4ccc5c(c4)OCO5)CC3)c2[N+](=O)[O-])CC1. The fourth-order valence-electron chi connectivity index (χ4n) is 5.72. The normalized spacial score (nSPS) is 18.5. The van der Waals surface area contributed by atoms with Crippen LogP contribution in [0.2, 0.25) is 0 Å². The molecule has 11 heteroatoms. The number of piperazine rings is 1. The minimum absolute atomic E-state index is 0.0640. The largest absolute Gasteiger partial charge is 0.454 e. The van der Waals surface area contributed by atoms with E-state index in [4.69, 9.17) is 9.47 Å². The summed E-state index contributed by atoms with van der Waals surface area (Å²) in [6.45, 7) is 4.75. The van der Waals surface area contributed by atoms with Crippen LogP contribution in [0.3, 0.4) is 0 Å². The zero-order valence-corrected chi connectivity index (χ0v) is 21.5. The topological polar surface area (TPSA) is 121 Å². The van der Waals surface area contributed by atoms with Crippen molar-refractivity contribution in [3.63, 3.8) is 0 Å². The highest BCUT2D eigenvalue weighted by atomic mass is 16.7. The Morgan fingerprint density at radius 2 is 1.59 bits per heavy atom. The zero-order valence-electron chi connectivity index (χ0n) is 21.5. The molecule has 2 fully saturated rings. The number of nitriles is 1. The summed E-state index contributed by atoms with van der Waals surface area (Å²) in [7, 11) is 0. The molecule has 0 radical (unpaired) electrons. The predicted molar refractivity (Wildman–Crippen MR) is 144 cm³/mol. The van der Waals surface area contributed by atoms with Crippen LogP contribution >= 0.6 is 0 Å². The molecule has 3 aliphatic rings. The van der Waals surface area contributed by atoms with E-state index in [0.717, 1.165) is 42.3 Å². The number of anilines is 2. The lowest BCUT2D eigenvalue weighted by Gasteiger charge is -2.38. The molecule has 0 spiro atoms. The van der Waals surface area contributed by atoms with Gasteiger partial charge in [-0.15, -0.1) is 0 Å². The second-order valence-electron chi connectivity index (χ2n) is 10.1. The summed E-state index contributed by atoms with van der Waals surface area (Å²) in [6.07, 6.45) is 2.56. The summed E-state index contributed by atoms with van der Waals surface area (Å²) in [5.41, 5.74) is 1.46. The maximum Gasteiger partial charge on any atom is 0.353 e. The van der Waals surface area contributed by atoms with Crippen LogP contribution in [-0.2, 0) is 12.0 Å². The molecule has 0 aliphatic carbocycles. The molecule has 0 atom stereocenters. The molecule has 39 heavy (non-hydrogen) atoms. The summed E-state index contributed by atoms with van der Waals surface area (Å²) >= 11 is 0. The maximum atomic E-state index is 12.3. The van der Waals surface area contributed by atoms with Gasteiger partial charge in [0.05, 0.1) is 16.4 Å². The Hall–Kier alpha value is -4.43. The van der Waals surface area contributed by atoms with Crippen molar-refractivity contribution in [2.24, 2.45) is 0 Å². The number of hydrogen-bond acceptors (Lipinski definition) is 10. The lowest BCUT2D eigenvalue weighted by Crippen LogP contribution is -2.46.